The fourth-order valence-corrected chi connectivity index (χ4v) is 5.74. The number of morpholine rings is 1. The molecule has 9 heteroatoms. The zero-order valence-corrected chi connectivity index (χ0v) is 25.0. The Morgan fingerprint density at radius 2 is 1.51 bits per heavy atom. The Morgan fingerprint density at radius 1 is 0.844 bits per heavy atom. The molecule has 0 aliphatic carbocycles. The van der Waals surface area contributed by atoms with Gasteiger partial charge in [-0.15, -0.1) is 0 Å². The lowest BCUT2D eigenvalue weighted by atomic mass is 10.0. The molecule has 1 unspecified atom stereocenters. The van der Waals surface area contributed by atoms with Crippen LogP contribution in [0.3, 0.4) is 0 Å². The van der Waals surface area contributed by atoms with Gasteiger partial charge in [0.25, 0.3) is 17.6 Å². The Balaban J connectivity index is 1.32. The molecule has 1 atom stereocenters. The molecule has 1 saturated heterocycles. The molecule has 0 radical (unpaired) electrons. The second-order valence-electron chi connectivity index (χ2n) is 11.2. The molecule has 0 spiro atoms. The highest BCUT2D eigenvalue weighted by atomic mass is 16.5. The number of para-hydroxylation sites is 1. The number of benzene rings is 4. The molecule has 1 N–H and O–H groups in total. The van der Waals surface area contributed by atoms with Crippen LogP contribution in [0.4, 0.5) is 17.1 Å². The van der Waals surface area contributed by atoms with E-state index in [1.165, 1.54) is 9.80 Å². The number of carbonyl (C=O) groups is 4. The fourth-order valence-electron chi connectivity index (χ4n) is 5.74. The van der Waals surface area contributed by atoms with E-state index in [0.717, 1.165) is 29.9 Å². The van der Waals surface area contributed by atoms with Gasteiger partial charge in [0, 0.05) is 31.0 Å². The highest BCUT2D eigenvalue weighted by Crippen LogP contribution is 2.31. The molecule has 9 nitrogen and oxygen atoms in total. The summed E-state index contributed by atoms with van der Waals surface area (Å²) in [6.45, 7) is 4.64. The summed E-state index contributed by atoms with van der Waals surface area (Å²) < 4.78 is 5.46. The summed E-state index contributed by atoms with van der Waals surface area (Å²) in [5.74, 6) is -2.28. The van der Waals surface area contributed by atoms with Crippen LogP contribution in [0, 0.1) is 6.92 Å². The van der Waals surface area contributed by atoms with Crippen molar-refractivity contribution in [1.29, 1.82) is 0 Å². The van der Waals surface area contributed by atoms with Crippen molar-refractivity contribution >= 4 is 40.6 Å². The molecule has 4 aromatic rings. The van der Waals surface area contributed by atoms with Gasteiger partial charge in [0.2, 0.25) is 5.91 Å². The third-order valence-corrected chi connectivity index (χ3v) is 8.15. The molecule has 4 aromatic carbocycles. The lowest BCUT2D eigenvalue weighted by molar-refractivity contribution is -0.139. The first-order chi connectivity index (χ1) is 21.9. The Kier molecular flexibility index (Phi) is 8.70. The first-order valence-corrected chi connectivity index (χ1v) is 15.0. The van der Waals surface area contributed by atoms with Gasteiger partial charge < -0.3 is 19.9 Å². The highest BCUT2D eigenvalue weighted by Gasteiger charge is 2.39. The quantitative estimate of drug-likeness (QED) is 0.277. The molecule has 2 aliphatic heterocycles. The van der Waals surface area contributed by atoms with E-state index in [2.05, 4.69) is 10.2 Å². The molecule has 45 heavy (non-hydrogen) atoms. The Hall–Kier alpha value is -5.28. The van der Waals surface area contributed by atoms with Crippen molar-refractivity contribution in [3.8, 4) is 0 Å². The molecule has 1 fully saturated rings. The molecule has 6 rings (SSSR count). The van der Waals surface area contributed by atoms with Crippen LogP contribution < -0.4 is 15.1 Å². The predicted molar refractivity (Wildman–Crippen MR) is 172 cm³/mol. The number of aryl methyl sites for hydroxylation is 1. The Bertz CT molecular complexity index is 1700. The molecule has 0 bridgehead atoms. The number of hydrogen-bond donors (Lipinski definition) is 1. The Labute approximate surface area is 262 Å². The lowest BCUT2D eigenvalue weighted by Gasteiger charge is -2.33. The molecule has 2 heterocycles. The summed E-state index contributed by atoms with van der Waals surface area (Å²) in [7, 11) is 0. The number of rotatable bonds is 9. The van der Waals surface area contributed by atoms with Crippen molar-refractivity contribution in [2.75, 3.05) is 48.0 Å². The van der Waals surface area contributed by atoms with Crippen molar-refractivity contribution in [2.24, 2.45) is 0 Å². The third-order valence-electron chi connectivity index (χ3n) is 8.15. The van der Waals surface area contributed by atoms with Crippen LogP contribution in [0.25, 0.3) is 0 Å². The maximum atomic E-state index is 14.2. The molecule has 3 amide bonds. The van der Waals surface area contributed by atoms with Crippen LogP contribution in [-0.2, 0) is 25.7 Å². The number of carbonyl (C=O) groups excluding carboxylic acids is 4. The monoisotopic (exact) mass is 602 g/mol. The molecule has 228 valence electrons. The molecular formula is C36H34N4O5. The van der Waals surface area contributed by atoms with Crippen LogP contribution in [0.1, 0.15) is 33.1 Å². The summed E-state index contributed by atoms with van der Waals surface area (Å²) >= 11 is 0. The normalized spacial score (nSPS) is 15.0. The van der Waals surface area contributed by atoms with Crippen molar-refractivity contribution < 1.29 is 23.9 Å². The van der Waals surface area contributed by atoms with E-state index in [0.29, 0.717) is 30.2 Å². The summed E-state index contributed by atoms with van der Waals surface area (Å²) in [5, 5.41) is 3.02. The van der Waals surface area contributed by atoms with Gasteiger partial charge >= 0.3 is 0 Å². The van der Waals surface area contributed by atoms with Gasteiger partial charge in [0.15, 0.2) is 0 Å². The Morgan fingerprint density at radius 3 is 2.22 bits per heavy atom. The average molecular weight is 603 g/mol. The first kappa shape index (κ1) is 29.8. The second kappa shape index (κ2) is 13.2. The number of ketones is 1. The van der Waals surface area contributed by atoms with Gasteiger partial charge in [-0.3, -0.25) is 24.1 Å². The average Bonchev–Trinajstić information content (AvgIpc) is 3.31. The maximum Gasteiger partial charge on any atom is 0.299 e. The van der Waals surface area contributed by atoms with Crippen molar-refractivity contribution in [1.82, 2.24) is 4.90 Å². The number of nitrogens with one attached hydrogen (secondary N) is 1. The molecule has 0 aromatic heterocycles. The fraction of sp³-hybridized carbons (Fsp3) is 0.222. The van der Waals surface area contributed by atoms with E-state index in [9.17, 15) is 19.2 Å². The molecule has 0 saturated carbocycles. The summed E-state index contributed by atoms with van der Waals surface area (Å²) in [4.78, 5) is 59.0. The van der Waals surface area contributed by atoms with Gasteiger partial charge in [0.05, 0.1) is 24.5 Å². The minimum Gasteiger partial charge on any atom is -0.378 e. The van der Waals surface area contributed by atoms with E-state index in [1.807, 2.05) is 73.7 Å². The van der Waals surface area contributed by atoms with Gasteiger partial charge in [-0.25, -0.2) is 0 Å². The second-order valence-corrected chi connectivity index (χ2v) is 11.2. The number of anilines is 3. The zero-order chi connectivity index (χ0) is 31.3. The number of fused-ring (bicyclic) bond motifs is 1. The minimum absolute atomic E-state index is 0.111. The largest absolute Gasteiger partial charge is 0.378 e. The van der Waals surface area contributed by atoms with E-state index >= 15 is 0 Å². The van der Waals surface area contributed by atoms with Crippen LogP contribution >= 0.6 is 0 Å². The van der Waals surface area contributed by atoms with E-state index in [4.69, 9.17) is 4.74 Å². The highest BCUT2D eigenvalue weighted by molar-refractivity contribution is 6.52. The van der Waals surface area contributed by atoms with E-state index < -0.39 is 36.1 Å². The van der Waals surface area contributed by atoms with Gasteiger partial charge in [-0.05, 0) is 54.4 Å². The molecular weight excluding hydrogens is 568 g/mol. The van der Waals surface area contributed by atoms with Crippen molar-refractivity contribution in [3.63, 3.8) is 0 Å². The van der Waals surface area contributed by atoms with Crippen molar-refractivity contribution in [3.05, 3.63) is 125 Å². The van der Waals surface area contributed by atoms with Crippen LogP contribution in [0.2, 0.25) is 0 Å². The lowest BCUT2D eigenvalue weighted by Crippen LogP contribution is -2.46. The predicted octanol–water partition coefficient (Wildman–Crippen LogP) is 4.77. The number of hydrogen-bond acceptors (Lipinski definition) is 6. The smallest absolute Gasteiger partial charge is 0.299 e. The number of Topliss-reactive ketones (excluding diaryl/α,β-unsaturated/α-hetero) is 1. The summed E-state index contributed by atoms with van der Waals surface area (Å²) in [6, 6.07) is 30.1. The zero-order valence-electron chi connectivity index (χ0n) is 25.0. The summed E-state index contributed by atoms with van der Waals surface area (Å²) in [6.07, 6.45) is 0. The minimum atomic E-state index is -1.03. The van der Waals surface area contributed by atoms with Crippen LogP contribution in [-0.4, -0.2) is 61.3 Å². The topological polar surface area (TPSA) is 99.3 Å². The van der Waals surface area contributed by atoms with Crippen molar-refractivity contribution in [2.45, 2.75) is 19.5 Å². The van der Waals surface area contributed by atoms with Gasteiger partial charge in [-0.1, -0.05) is 72.3 Å². The number of ether oxygens (including phenoxy) is 1. The SMILES string of the molecule is Cc1ccc(CN(C(=O)CN2C(=O)C(=O)c3ccccc32)C(C(=O)Nc2ccc(N3CCOCC3)cc2)c2ccccc2)cc1. The van der Waals surface area contributed by atoms with Gasteiger partial charge in [0.1, 0.15) is 12.6 Å². The third kappa shape index (κ3) is 6.49. The number of amides is 3. The van der Waals surface area contributed by atoms with Crippen LogP contribution in [0.15, 0.2) is 103 Å². The summed E-state index contributed by atoms with van der Waals surface area (Å²) in [5.41, 5.74) is 4.78. The maximum absolute atomic E-state index is 14.2. The van der Waals surface area contributed by atoms with Gasteiger partial charge in [-0.2, -0.15) is 0 Å². The van der Waals surface area contributed by atoms with E-state index in [-0.39, 0.29) is 12.1 Å². The number of nitrogens with zero attached hydrogens (tertiary/aromatic N) is 3. The van der Waals surface area contributed by atoms with E-state index in [1.54, 1.807) is 36.4 Å². The van der Waals surface area contributed by atoms with Crippen LogP contribution in [0.5, 0.6) is 0 Å². The standard InChI is InChI=1S/C36H34N4O5/c1-25-11-13-26(14-12-25)23-40(32(41)24-39-31-10-6-5-9-30(31)34(42)36(39)44)33(27-7-3-2-4-8-27)35(43)37-28-15-17-29(18-16-28)38-19-21-45-22-20-38/h2-18,33H,19-24H2,1H3,(H,37,43). The molecule has 2 aliphatic rings. The first-order valence-electron chi connectivity index (χ1n) is 15.0.